The van der Waals surface area contributed by atoms with Crippen molar-refractivity contribution in [1.82, 2.24) is 9.97 Å². The second-order valence-corrected chi connectivity index (χ2v) is 5.79. The van der Waals surface area contributed by atoms with Gasteiger partial charge in [-0.1, -0.05) is 19.1 Å². The molecule has 0 aliphatic heterocycles. The van der Waals surface area contributed by atoms with Gasteiger partial charge in [0, 0.05) is 11.8 Å². The number of sulfonamides is 1. The lowest BCUT2D eigenvalue weighted by Crippen LogP contribution is -2.11. The molecule has 0 radical (unpaired) electrons. The van der Waals surface area contributed by atoms with Crippen molar-refractivity contribution >= 4 is 10.0 Å². The summed E-state index contributed by atoms with van der Waals surface area (Å²) in [5.74, 6) is 0. The van der Waals surface area contributed by atoms with Crippen molar-refractivity contribution in [2.45, 2.75) is 25.2 Å². The minimum atomic E-state index is -3.66. The lowest BCUT2D eigenvalue weighted by atomic mass is 10.1. The summed E-state index contributed by atoms with van der Waals surface area (Å²) in [6.45, 7) is 3.89. The molecule has 1 heterocycles. The smallest absolute Gasteiger partial charge is 0.238 e. The molecule has 0 saturated carbocycles. The summed E-state index contributed by atoms with van der Waals surface area (Å²) in [6.07, 6.45) is 2.46. The maximum atomic E-state index is 11.2. The van der Waals surface area contributed by atoms with Crippen molar-refractivity contribution < 1.29 is 8.42 Å². The fraction of sp³-hybridized carbons (Fsp3) is 0.231. The Labute approximate surface area is 112 Å². The van der Waals surface area contributed by atoms with Crippen LogP contribution in [0.15, 0.2) is 35.4 Å². The maximum Gasteiger partial charge on any atom is 0.238 e. The van der Waals surface area contributed by atoms with E-state index in [4.69, 9.17) is 5.14 Å². The molecule has 2 rings (SSSR count). The van der Waals surface area contributed by atoms with Crippen LogP contribution in [0.3, 0.4) is 0 Å². The number of aromatic nitrogens is 2. The molecule has 5 nitrogen and oxygen atoms in total. The maximum absolute atomic E-state index is 11.2. The van der Waals surface area contributed by atoms with Crippen LogP contribution in [0, 0.1) is 6.92 Å². The van der Waals surface area contributed by atoms with Crippen molar-refractivity contribution in [3.63, 3.8) is 0 Å². The zero-order valence-electron chi connectivity index (χ0n) is 10.8. The zero-order valence-corrected chi connectivity index (χ0v) is 11.6. The topological polar surface area (TPSA) is 85.9 Å². The number of rotatable bonds is 3. The predicted molar refractivity (Wildman–Crippen MR) is 73.0 cm³/mol. The quantitative estimate of drug-likeness (QED) is 0.924. The zero-order chi connectivity index (χ0) is 14.0. The summed E-state index contributed by atoms with van der Waals surface area (Å²) in [5.41, 5.74) is 3.36. The normalized spacial score (nSPS) is 11.5. The Morgan fingerprint density at radius 3 is 2.37 bits per heavy atom. The molecule has 0 aliphatic carbocycles. The molecular formula is C13H15N3O2S. The van der Waals surface area contributed by atoms with Crippen LogP contribution in [0.2, 0.25) is 0 Å². The molecule has 2 N–H and O–H groups in total. The minimum absolute atomic E-state index is 0.0920. The van der Waals surface area contributed by atoms with E-state index in [1.807, 2.05) is 13.8 Å². The van der Waals surface area contributed by atoms with Gasteiger partial charge in [-0.2, -0.15) is 0 Å². The van der Waals surface area contributed by atoms with Crippen molar-refractivity contribution in [3.8, 4) is 11.3 Å². The van der Waals surface area contributed by atoms with Crippen LogP contribution in [-0.2, 0) is 16.4 Å². The Hall–Kier alpha value is -1.79. The van der Waals surface area contributed by atoms with Crippen LogP contribution in [0.25, 0.3) is 11.3 Å². The van der Waals surface area contributed by atoms with Gasteiger partial charge in [0.2, 0.25) is 10.0 Å². The molecule has 0 spiro atoms. The SMILES string of the molecule is CCc1nc(C)cnc1-c1ccc(S(N)(=O)=O)cc1. The average molecular weight is 277 g/mol. The standard InChI is InChI=1S/C13H15N3O2S/c1-3-12-13(15-8-9(2)16-12)10-4-6-11(7-5-10)19(14,17)18/h4-8H,3H2,1-2H3,(H2,14,17,18). The molecule has 2 aromatic rings. The third-order valence-electron chi connectivity index (χ3n) is 2.76. The highest BCUT2D eigenvalue weighted by Gasteiger charge is 2.10. The summed E-state index contributed by atoms with van der Waals surface area (Å²) < 4.78 is 22.4. The number of nitrogens with two attached hydrogens (primary N) is 1. The second-order valence-electron chi connectivity index (χ2n) is 4.23. The summed E-state index contributed by atoms with van der Waals surface area (Å²) in [7, 11) is -3.66. The van der Waals surface area contributed by atoms with Gasteiger partial charge in [0.15, 0.2) is 0 Å². The highest BCUT2D eigenvalue weighted by molar-refractivity contribution is 7.89. The van der Waals surface area contributed by atoms with Gasteiger partial charge in [0.25, 0.3) is 0 Å². The van der Waals surface area contributed by atoms with Gasteiger partial charge in [-0.15, -0.1) is 0 Å². The molecule has 19 heavy (non-hydrogen) atoms. The summed E-state index contributed by atoms with van der Waals surface area (Å²) in [4.78, 5) is 8.89. The van der Waals surface area contributed by atoms with E-state index in [1.54, 1.807) is 18.3 Å². The number of nitrogens with zero attached hydrogens (tertiary/aromatic N) is 2. The largest absolute Gasteiger partial charge is 0.254 e. The molecule has 0 saturated heterocycles. The number of hydrogen-bond acceptors (Lipinski definition) is 4. The van der Waals surface area contributed by atoms with Crippen molar-refractivity contribution in [1.29, 1.82) is 0 Å². The first-order valence-corrected chi connectivity index (χ1v) is 7.42. The van der Waals surface area contributed by atoms with E-state index in [2.05, 4.69) is 9.97 Å². The third kappa shape index (κ3) is 2.97. The van der Waals surface area contributed by atoms with Gasteiger partial charge in [-0.3, -0.25) is 9.97 Å². The summed E-state index contributed by atoms with van der Waals surface area (Å²) in [5, 5.41) is 5.07. The molecule has 1 aromatic heterocycles. The van der Waals surface area contributed by atoms with Gasteiger partial charge in [0.05, 0.1) is 22.0 Å². The Kier molecular flexibility index (Phi) is 3.64. The van der Waals surface area contributed by atoms with E-state index in [-0.39, 0.29) is 4.90 Å². The van der Waals surface area contributed by atoms with E-state index in [1.165, 1.54) is 12.1 Å². The van der Waals surface area contributed by atoms with E-state index >= 15 is 0 Å². The monoisotopic (exact) mass is 277 g/mol. The van der Waals surface area contributed by atoms with E-state index in [0.29, 0.717) is 0 Å². The second kappa shape index (κ2) is 5.07. The molecule has 0 amide bonds. The highest BCUT2D eigenvalue weighted by atomic mass is 32.2. The van der Waals surface area contributed by atoms with E-state index in [0.717, 1.165) is 29.1 Å². The summed E-state index contributed by atoms with van der Waals surface area (Å²) >= 11 is 0. The van der Waals surface area contributed by atoms with Crippen molar-refractivity contribution in [2.24, 2.45) is 5.14 Å². The van der Waals surface area contributed by atoms with Crippen LogP contribution in [0.5, 0.6) is 0 Å². The van der Waals surface area contributed by atoms with Crippen LogP contribution >= 0.6 is 0 Å². The minimum Gasteiger partial charge on any atom is -0.254 e. The van der Waals surface area contributed by atoms with Crippen molar-refractivity contribution in [3.05, 3.63) is 41.9 Å². The molecule has 0 aliphatic rings. The summed E-state index contributed by atoms with van der Waals surface area (Å²) in [6, 6.07) is 6.34. The molecule has 0 unspecified atom stereocenters. The van der Waals surface area contributed by atoms with Crippen LogP contribution in [-0.4, -0.2) is 18.4 Å². The predicted octanol–water partition coefficient (Wildman–Crippen LogP) is 1.66. The number of aryl methyl sites for hydroxylation is 2. The number of benzene rings is 1. The Morgan fingerprint density at radius 2 is 1.84 bits per heavy atom. The van der Waals surface area contributed by atoms with Crippen molar-refractivity contribution in [2.75, 3.05) is 0 Å². The number of hydrogen-bond donors (Lipinski definition) is 1. The van der Waals surface area contributed by atoms with Crippen LogP contribution in [0.4, 0.5) is 0 Å². The van der Waals surface area contributed by atoms with Gasteiger partial charge in [-0.05, 0) is 25.5 Å². The average Bonchev–Trinajstić information content (AvgIpc) is 2.37. The third-order valence-corrected chi connectivity index (χ3v) is 3.69. The lowest BCUT2D eigenvalue weighted by molar-refractivity contribution is 0.598. The Balaban J connectivity index is 2.49. The molecular weight excluding hydrogens is 262 g/mol. The Bertz CT molecular complexity index is 694. The molecule has 100 valence electrons. The Morgan fingerprint density at radius 1 is 1.21 bits per heavy atom. The van der Waals surface area contributed by atoms with E-state index < -0.39 is 10.0 Å². The molecule has 0 atom stereocenters. The lowest BCUT2D eigenvalue weighted by Gasteiger charge is -2.07. The first-order valence-electron chi connectivity index (χ1n) is 5.87. The fourth-order valence-corrected chi connectivity index (χ4v) is 2.33. The van der Waals surface area contributed by atoms with Crippen LogP contribution < -0.4 is 5.14 Å². The van der Waals surface area contributed by atoms with Gasteiger partial charge >= 0.3 is 0 Å². The highest BCUT2D eigenvalue weighted by Crippen LogP contribution is 2.22. The fourth-order valence-electron chi connectivity index (χ4n) is 1.82. The molecule has 0 fully saturated rings. The molecule has 6 heteroatoms. The number of primary sulfonamides is 1. The van der Waals surface area contributed by atoms with Gasteiger partial charge < -0.3 is 0 Å². The molecule has 1 aromatic carbocycles. The first kappa shape index (κ1) is 13.6. The first-order chi connectivity index (χ1) is 8.91. The van der Waals surface area contributed by atoms with Gasteiger partial charge in [-0.25, -0.2) is 13.6 Å². The van der Waals surface area contributed by atoms with E-state index in [9.17, 15) is 8.42 Å². The van der Waals surface area contributed by atoms with Gasteiger partial charge in [0.1, 0.15) is 0 Å². The molecule has 0 bridgehead atoms. The van der Waals surface area contributed by atoms with Crippen LogP contribution in [0.1, 0.15) is 18.3 Å².